The largest absolute Gasteiger partial charge is 0.379 e. The Kier molecular flexibility index (Phi) is 10.1. The van der Waals surface area contributed by atoms with Crippen LogP contribution in [0, 0.1) is 0 Å². The van der Waals surface area contributed by atoms with Crippen LogP contribution in [0.25, 0.3) is 21.5 Å². The molecule has 0 N–H and O–H groups in total. The third kappa shape index (κ3) is 7.24. The van der Waals surface area contributed by atoms with Crippen LogP contribution in [0.1, 0.15) is 11.1 Å². The van der Waals surface area contributed by atoms with Crippen LogP contribution in [0.2, 0.25) is 0 Å². The molecule has 2 fully saturated rings. The number of fused-ring (bicyclic) bond motifs is 3. The first-order valence-corrected chi connectivity index (χ1v) is 14.9. The van der Waals surface area contributed by atoms with Crippen LogP contribution in [0.5, 0.6) is 0 Å². The highest BCUT2D eigenvalue weighted by molar-refractivity contribution is 6.06. The summed E-state index contributed by atoms with van der Waals surface area (Å²) >= 11 is 0. The van der Waals surface area contributed by atoms with E-state index < -0.39 is 0 Å². The van der Waals surface area contributed by atoms with Crippen molar-refractivity contribution in [3.05, 3.63) is 83.5 Å². The Morgan fingerprint density at radius 1 is 0.561 bits per heavy atom. The lowest BCUT2D eigenvalue weighted by Crippen LogP contribution is -2.35. The molecule has 2 saturated heterocycles. The summed E-state index contributed by atoms with van der Waals surface area (Å²) in [5.41, 5.74) is 3.99. The number of hydrogen-bond donors (Lipinski definition) is 0. The Morgan fingerprint density at radius 2 is 1.05 bits per heavy atom. The maximum absolute atomic E-state index is 6.29. The SMILES string of the molecule is C1=CC2OCCOCCOCCOCCOC2C=C1Cc1c2ccccc2c(CN2CCOCC2)c2ccccc12. The number of nitrogens with zero attached hydrogens (tertiary/aromatic N) is 1. The molecule has 0 bridgehead atoms. The second-order valence-corrected chi connectivity index (χ2v) is 10.7. The van der Waals surface area contributed by atoms with Gasteiger partial charge in [0, 0.05) is 19.6 Å². The fourth-order valence-corrected chi connectivity index (χ4v) is 5.99. The second kappa shape index (κ2) is 14.5. The van der Waals surface area contributed by atoms with Crippen molar-refractivity contribution in [2.75, 3.05) is 79.2 Å². The van der Waals surface area contributed by atoms with E-state index in [0.29, 0.717) is 52.9 Å². The van der Waals surface area contributed by atoms with E-state index >= 15 is 0 Å². The predicted molar refractivity (Wildman–Crippen MR) is 160 cm³/mol. The maximum atomic E-state index is 6.29. The van der Waals surface area contributed by atoms with Crippen molar-refractivity contribution in [3.8, 4) is 0 Å². The molecule has 3 aliphatic rings. The summed E-state index contributed by atoms with van der Waals surface area (Å²) in [6, 6.07) is 17.8. The Hall–Kier alpha value is -2.62. The zero-order valence-electron chi connectivity index (χ0n) is 23.8. The zero-order chi connectivity index (χ0) is 27.7. The van der Waals surface area contributed by atoms with Gasteiger partial charge in [-0.25, -0.2) is 0 Å². The van der Waals surface area contributed by atoms with Gasteiger partial charge in [0.2, 0.25) is 0 Å². The van der Waals surface area contributed by atoms with Crippen molar-refractivity contribution in [3.63, 3.8) is 0 Å². The lowest BCUT2D eigenvalue weighted by atomic mass is 9.87. The van der Waals surface area contributed by atoms with Gasteiger partial charge in [-0.15, -0.1) is 0 Å². The monoisotopic (exact) mass is 559 g/mol. The Balaban J connectivity index is 1.28. The molecule has 1 aliphatic carbocycles. The average molecular weight is 560 g/mol. The van der Waals surface area contributed by atoms with Gasteiger partial charge in [0.25, 0.3) is 0 Å². The molecule has 3 aromatic rings. The van der Waals surface area contributed by atoms with E-state index in [-0.39, 0.29) is 12.2 Å². The molecule has 2 heterocycles. The standard InChI is InChI=1S/C34H41NO6/c1-3-7-29-27(5-1)31(28-6-2-4-8-30(28)32(29)25-35-11-13-36-14-12-35)23-26-9-10-33-34(24-26)41-22-20-39-18-16-37-15-17-38-19-21-40-33/h1-10,24,33-34H,11-23,25H2. The van der Waals surface area contributed by atoms with Crippen LogP contribution >= 0.6 is 0 Å². The zero-order valence-corrected chi connectivity index (χ0v) is 23.8. The van der Waals surface area contributed by atoms with E-state index in [2.05, 4.69) is 71.7 Å². The van der Waals surface area contributed by atoms with Gasteiger partial charge in [-0.3, -0.25) is 4.90 Å². The number of allylic oxidation sites excluding steroid dienone is 2. The van der Waals surface area contributed by atoms with Gasteiger partial charge in [0.05, 0.1) is 66.1 Å². The highest BCUT2D eigenvalue weighted by Crippen LogP contribution is 2.36. The maximum Gasteiger partial charge on any atom is 0.106 e. The van der Waals surface area contributed by atoms with E-state index in [4.69, 9.17) is 28.4 Å². The van der Waals surface area contributed by atoms with Crippen molar-refractivity contribution in [2.24, 2.45) is 0 Å². The molecule has 0 saturated carbocycles. The quantitative estimate of drug-likeness (QED) is 0.430. The Bertz CT molecular complexity index is 1290. The molecule has 2 atom stereocenters. The summed E-state index contributed by atoms with van der Waals surface area (Å²) in [4.78, 5) is 2.51. The number of rotatable bonds is 4. The molecule has 6 rings (SSSR count). The first-order chi connectivity index (χ1) is 20.4. The summed E-state index contributed by atoms with van der Waals surface area (Å²) in [6.07, 6.45) is 7.05. The third-order valence-electron chi connectivity index (χ3n) is 8.04. The second-order valence-electron chi connectivity index (χ2n) is 10.7. The third-order valence-corrected chi connectivity index (χ3v) is 8.04. The summed E-state index contributed by atoms with van der Waals surface area (Å²) in [7, 11) is 0. The molecule has 7 heteroatoms. The van der Waals surface area contributed by atoms with Crippen LogP contribution in [0.4, 0.5) is 0 Å². The van der Waals surface area contributed by atoms with Crippen molar-refractivity contribution >= 4 is 21.5 Å². The van der Waals surface area contributed by atoms with E-state index in [1.165, 1.54) is 38.2 Å². The van der Waals surface area contributed by atoms with E-state index in [9.17, 15) is 0 Å². The van der Waals surface area contributed by atoms with Gasteiger partial charge in [-0.2, -0.15) is 0 Å². The first kappa shape index (κ1) is 28.5. The van der Waals surface area contributed by atoms with Crippen LogP contribution in [0.3, 0.4) is 0 Å². The van der Waals surface area contributed by atoms with Crippen LogP contribution < -0.4 is 0 Å². The van der Waals surface area contributed by atoms with Gasteiger partial charge in [-0.05, 0) is 50.7 Å². The van der Waals surface area contributed by atoms with E-state index in [1.54, 1.807) is 0 Å². The number of hydrogen-bond acceptors (Lipinski definition) is 7. The highest BCUT2D eigenvalue weighted by atomic mass is 16.6. The molecule has 41 heavy (non-hydrogen) atoms. The summed E-state index contributed by atoms with van der Waals surface area (Å²) in [5, 5.41) is 5.30. The van der Waals surface area contributed by atoms with Crippen molar-refractivity contribution in [1.29, 1.82) is 0 Å². The van der Waals surface area contributed by atoms with Crippen LogP contribution in [-0.4, -0.2) is 96.3 Å². The fourth-order valence-electron chi connectivity index (χ4n) is 5.99. The highest BCUT2D eigenvalue weighted by Gasteiger charge is 2.24. The van der Waals surface area contributed by atoms with Crippen LogP contribution in [-0.2, 0) is 41.4 Å². The lowest BCUT2D eigenvalue weighted by Gasteiger charge is -2.29. The van der Waals surface area contributed by atoms with Crippen molar-refractivity contribution < 1.29 is 28.4 Å². The minimum absolute atomic E-state index is 0.159. The van der Waals surface area contributed by atoms with E-state index in [0.717, 1.165) is 39.3 Å². The minimum Gasteiger partial charge on any atom is -0.379 e. The summed E-state index contributed by atoms with van der Waals surface area (Å²) in [5.74, 6) is 0. The van der Waals surface area contributed by atoms with Gasteiger partial charge < -0.3 is 28.4 Å². The smallest absolute Gasteiger partial charge is 0.106 e. The molecule has 0 spiro atoms. The van der Waals surface area contributed by atoms with Gasteiger partial charge in [-0.1, -0.05) is 60.7 Å². The molecule has 2 aliphatic heterocycles. The minimum atomic E-state index is -0.182. The Morgan fingerprint density at radius 3 is 1.63 bits per heavy atom. The van der Waals surface area contributed by atoms with Gasteiger partial charge >= 0.3 is 0 Å². The van der Waals surface area contributed by atoms with Gasteiger partial charge in [0.1, 0.15) is 12.2 Å². The molecule has 7 nitrogen and oxygen atoms in total. The number of morpholine rings is 1. The fraction of sp³-hybridized carbons (Fsp3) is 0.471. The predicted octanol–water partition coefficient (Wildman–Crippen LogP) is 4.70. The molecule has 2 unspecified atom stereocenters. The molecular formula is C34H41NO6. The number of ether oxygens (including phenoxy) is 6. The van der Waals surface area contributed by atoms with Crippen LogP contribution in [0.15, 0.2) is 72.3 Å². The molecule has 0 amide bonds. The molecule has 218 valence electrons. The average Bonchev–Trinajstić information content (AvgIpc) is 3.03. The summed E-state index contributed by atoms with van der Waals surface area (Å²) < 4.78 is 34.9. The molecule has 3 aromatic carbocycles. The summed E-state index contributed by atoms with van der Waals surface area (Å²) in [6.45, 7) is 8.77. The van der Waals surface area contributed by atoms with Gasteiger partial charge in [0.15, 0.2) is 0 Å². The molecule has 0 radical (unpaired) electrons. The lowest BCUT2D eigenvalue weighted by molar-refractivity contribution is -0.0566. The number of benzene rings is 3. The van der Waals surface area contributed by atoms with E-state index in [1.807, 2.05) is 0 Å². The Labute approximate surface area is 242 Å². The first-order valence-electron chi connectivity index (χ1n) is 14.9. The topological polar surface area (TPSA) is 58.6 Å². The van der Waals surface area contributed by atoms with Crippen molar-refractivity contribution in [1.82, 2.24) is 4.90 Å². The molecule has 0 aromatic heterocycles. The molecular weight excluding hydrogens is 518 g/mol. The van der Waals surface area contributed by atoms with Crippen molar-refractivity contribution in [2.45, 2.75) is 25.2 Å². The normalized spacial score (nSPS) is 24.0.